The van der Waals surface area contributed by atoms with Gasteiger partial charge in [0.15, 0.2) is 0 Å². The quantitative estimate of drug-likeness (QED) is 0.697. The Morgan fingerprint density at radius 2 is 1.64 bits per heavy atom. The molecule has 3 aromatic rings. The second-order valence-electron chi connectivity index (χ2n) is 5.87. The summed E-state index contributed by atoms with van der Waals surface area (Å²) in [5.74, 6) is -0.106. The lowest BCUT2D eigenvalue weighted by atomic mass is 10.0. The van der Waals surface area contributed by atoms with Gasteiger partial charge >= 0.3 is 0 Å². The fourth-order valence-electron chi connectivity index (χ4n) is 2.85. The highest BCUT2D eigenvalue weighted by Gasteiger charge is 2.10. The molecule has 0 spiro atoms. The van der Waals surface area contributed by atoms with E-state index < -0.39 is 0 Å². The predicted octanol–water partition coefficient (Wildman–Crippen LogP) is 3.87. The van der Waals surface area contributed by atoms with E-state index in [1.807, 2.05) is 60.7 Å². The van der Waals surface area contributed by atoms with Crippen LogP contribution in [0.15, 0.2) is 78.9 Å². The number of aliphatic hydroxyl groups excluding tert-OH is 1. The third-order valence-corrected chi connectivity index (χ3v) is 4.13. The number of carbonyl (C=O) groups excluding carboxylic acids is 1. The average molecular weight is 331 g/mol. The number of hydrogen-bond donors (Lipinski definition) is 1. The molecule has 0 aliphatic carbocycles. The Kier molecular flexibility index (Phi) is 5.60. The summed E-state index contributed by atoms with van der Waals surface area (Å²) in [4.78, 5) is 14.2. The Balaban J connectivity index is 1.79. The van der Waals surface area contributed by atoms with Crippen molar-refractivity contribution in [1.82, 2.24) is 4.90 Å². The minimum atomic E-state index is -0.106. The van der Waals surface area contributed by atoms with Crippen LogP contribution < -0.4 is 0 Å². The molecule has 0 aliphatic heterocycles. The van der Waals surface area contributed by atoms with Gasteiger partial charge in [-0.2, -0.15) is 0 Å². The van der Waals surface area contributed by atoms with Crippen LogP contribution in [0.25, 0.3) is 16.8 Å². The molecule has 1 N–H and O–H groups in total. The van der Waals surface area contributed by atoms with E-state index in [4.69, 9.17) is 0 Å². The van der Waals surface area contributed by atoms with Crippen LogP contribution >= 0.6 is 0 Å². The van der Waals surface area contributed by atoms with E-state index in [2.05, 4.69) is 18.2 Å². The minimum Gasteiger partial charge on any atom is -0.395 e. The van der Waals surface area contributed by atoms with Gasteiger partial charge in [-0.3, -0.25) is 4.79 Å². The van der Waals surface area contributed by atoms with Gasteiger partial charge in [0, 0.05) is 19.2 Å². The molecule has 0 fully saturated rings. The van der Waals surface area contributed by atoms with Gasteiger partial charge in [0.2, 0.25) is 5.91 Å². The molecule has 0 heterocycles. The summed E-state index contributed by atoms with van der Waals surface area (Å²) >= 11 is 0. The van der Waals surface area contributed by atoms with Crippen molar-refractivity contribution in [3.8, 4) is 0 Å². The SMILES string of the molecule is O=C(/C=C/c1cccc2ccccc12)N(CCO)Cc1ccccc1. The van der Waals surface area contributed by atoms with Gasteiger partial charge in [-0.25, -0.2) is 0 Å². The van der Waals surface area contributed by atoms with Crippen molar-refractivity contribution in [1.29, 1.82) is 0 Å². The van der Waals surface area contributed by atoms with Gasteiger partial charge < -0.3 is 10.0 Å². The third kappa shape index (κ3) is 4.34. The first-order valence-corrected chi connectivity index (χ1v) is 8.37. The normalized spacial score (nSPS) is 11.1. The van der Waals surface area contributed by atoms with Crippen LogP contribution in [0.4, 0.5) is 0 Å². The van der Waals surface area contributed by atoms with Crippen molar-refractivity contribution in [3.63, 3.8) is 0 Å². The molecule has 0 aliphatic rings. The maximum Gasteiger partial charge on any atom is 0.246 e. The van der Waals surface area contributed by atoms with Gasteiger partial charge in [-0.1, -0.05) is 72.8 Å². The van der Waals surface area contributed by atoms with Gasteiger partial charge in [0.05, 0.1) is 6.61 Å². The average Bonchev–Trinajstić information content (AvgIpc) is 2.66. The van der Waals surface area contributed by atoms with E-state index in [-0.39, 0.29) is 12.5 Å². The van der Waals surface area contributed by atoms with Crippen LogP contribution in [0, 0.1) is 0 Å². The molecular formula is C22H21NO2. The number of amides is 1. The number of carbonyl (C=O) groups is 1. The number of rotatable bonds is 6. The molecule has 0 atom stereocenters. The van der Waals surface area contributed by atoms with Crippen molar-refractivity contribution < 1.29 is 9.90 Å². The first-order valence-electron chi connectivity index (χ1n) is 8.37. The van der Waals surface area contributed by atoms with Crippen LogP contribution in [0.2, 0.25) is 0 Å². The Labute approximate surface area is 147 Å². The van der Waals surface area contributed by atoms with E-state index >= 15 is 0 Å². The van der Waals surface area contributed by atoms with Gasteiger partial charge in [0.25, 0.3) is 0 Å². The Morgan fingerprint density at radius 3 is 2.44 bits per heavy atom. The lowest BCUT2D eigenvalue weighted by Gasteiger charge is -2.20. The molecule has 3 rings (SSSR count). The summed E-state index contributed by atoms with van der Waals surface area (Å²) in [5, 5.41) is 11.5. The molecule has 3 nitrogen and oxygen atoms in total. The molecule has 0 unspecified atom stereocenters. The molecule has 0 saturated carbocycles. The molecule has 0 saturated heterocycles. The monoisotopic (exact) mass is 331 g/mol. The summed E-state index contributed by atoms with van der Waals surface area (Å²) in [6, 6.07) is 23.9. The van der Waals surface area contributed by atoms with Crippen molar-refractivity contribution in [2.45, 2.75) is 6.54 Å². The molecule has 3 aromatic carbocycles. The summed E-state index contributed by atoms with van der Waals surface area (Å²) in [6.45, 7) is 0.744. The fraction of sp³-hybridized carbons (Fsp3) is 0.136. The lowest BCUT2D eigenvalue weighted by Crippen LogP contribution is -2.31. The summed E-state index contributed by atoms with van der Waals surface area (Å²) in [6.07, 6.45) is 3.43. The minimum absolute atomic E-state index is 0.0549. The van der Waals surface area contributed by atoms with E-state index in [1.165, 1.54) is 0 Å². The van der Waals surface area contributed by atoms with Crippen molar-refractivity contribution in [2.24, 2.45) is 0 Å². The lowest BCUT2D eigenvalue weighted by molar-refractivity contribution is -0.127. The van der Waals surface area contributed by atoms with Crippen molar-refractivity contribution in [2.75, 3.05) is 13.2 Å². The molecular weight excluding hydrogens is 310 g/mol. The van der Waals surface area contributed by atoms with Gasteiger partial charge in [0.1, 0.15) is 0 Å². The second kappa shape index (κ2) is 8.27. The fourth-order valence-corrected chi connectivity index (χ4v) is 2.85. The largest absolute Gasteiger partial charge is 0.395 e. The van der Waals surface area contributed by atoms with Crippen LogP contribution in [-0.4, -0.2) is 29.1 Å². The zero-order valence-electron chi connectivity index (χ0n) is 14.0. The number of nitrogens with zero attached hydrogens (tertiary/aromatic N) is 1. The zero-order chi connectivity index (χ0) is 17.5. The summed E-state index contributed by atoms with van der Waals surface area (Å²) in [5.41, 5.74) is 2.05. The molecule has 3 heteroatoms. The first-order chi connectivity index (χ1) is 12.3. The van der Waals surface area contributed by atoms with E-state index in [9.17, 15) is 9.90 Å². The van der Waals surface area contributed by atoms with Crippen LogP contribution in [0.1, 0.15) is 11.1 Å². The van der Waals surface area contributed by atoms with E-state index in [0.29, 0.717) is 13.1 Å². The topological polar surface area (TPSA) is 40.5 Å². The molecule has 0 radical (unpaired) electrons. The van der Waals surface area contributed by atoms with Crippen molar-refractivity contribution >= 4 is 22.8 Å². The standard InChI is InChI=1S/C22H21NO2/c24-16-15-23(17-18-7-2-1-3-8-18)22(25)14-13-20-11-6-10-19-9-4-5-12-21(19)20/h1-14,24H,15-17H2/b14-13+. The van der Waals surface area contributed by atoms with Crippen LogP contribution in [0.5, 0.6) is 0 Å². The summed E-state index contributed by atoms with van der Waals surface area (Å²) in [7, 11) is 0. The second-order valence-corrected chi connectivity index (χ2v) is 5.87. The first kappa shape index (κ1) is 16.9. The van der Waals surface area contributed by atoms with Gasteiger partial charge in [-0.05, 0) is 28.0 Å². The zero-order valence-corrected chi connectivity index (χ0v) is 14.0. The maximum absolute atomic E-state index is 12.6. The predicted molar refractivity (Wildman–Crippen MR) is 102 cm³/mol. The Hall–Kier alpha value is -2.91. The third-order valence-electron chi connectivity index (χ3n) is 4.13. The van der Waals surface area contributed by atoms with Gasteiger partial charge in [-0.15, -0.1) is 0 Å². The Morgan fingerprint density at radius 1 is 0.920 bits per heavy atom. The molecule has 126 valence electrons. The summed E-state index contributed by atoms with van der Waals surface area (Å²) < 4.78 is 0. The highest BCUT2D eigenvalue weighted by atomic mass is 16.3. The van der Waals surface area contributed by atoms with Crippen LogP contribution in [0.3, 0.4) is 0 Å². The maximum atomic E-state index is 12.6. The highest BCUT2D eigenvalue weighted by Crippen LogP contribution is 2.19. The molecule has 1 amide bonds. The highest BCUT2D eigenvalue weighted by molar-refractivity contribution is 5.96. The van der Waals surface area contributed by atoms with E-state index in [0.717, 1.165) is 21.9 Å². The number of hydrogen-bond acceptors (Lipinski definition) is 2. The van der Waals surface area contributed by atoms with Crippen molar-refractivity contribution in [3.05, 3.63) is 90.0 Å². The van der Waals surface area contributed by atoms with Crippen LogP contribution in [-0.2, 0) is 11.3 Å². The smallest absolute Gasteiger partial charge is 0.246 e. The molecule has 0 aromatic heterocycles. The number of benzene rings is 3. The van der Waals surface area contributed by atoms with E-state index in [1.54, 1.807) is 11.0 Å². The molecule has 0 bridgehead atoms. The Bertz CT molecular complexity index is 866. The number of aliphatic hydroxyl groups is 1. The molecule has 25 heavy (non-hydrogen) atoms. The number of fused-ring (bicyclic) bond motifs is 1.